The molecule has 0 radical (unpaired) electrons. The van der Waals surface area contributed by atoms with E-state index in [1.807, 2.05) is 35.1 Å². The van der Waals surface area contributed by atoms with E-state index in [9.17, 15) is 4.79 Å². The largest absolute Gasteiger partial charge is 0.497 e. The third-order valence-electron chi connectivity index (χ3n) is 2.63. The molecule has 1 N–H and O–H groups in total. The van der Waals surface area contributed by atoms with Crippen LogP contribution in [0.1, 0.15) is 23.0 Å². The van der Waals surface area contributed by atoms with E-state index >= 15 is 0 Å². The first-order valence-corrected chi connectivity index (χ1v) is 6.60. The van der Waals surface area contributed by atoms with E-state index in [0.29, 0.717) is 12.2 Å². The summed E-state index contributed by atoms with van der Waals surface area (Å²) in [6, 6.07) is 7.87. The number of nitrogens with one attached hydrogen (secondary N) is 1. The van der Waals surface area contributed by atoms with Crippen molar-refractivity contribution in [2.24, 2.45) is 0 Å². The van der Waals surface area contributed by atoms with E-state index in [0.717, 1.165) is 14.9 Å². The number of ketones is 1. The van der Waals surface area contributed by atoms with Crippen LogP contribution < -0.4 is 9.42 Å². The van der Waals surface area contributed by atoms with Gasteiger partial charge in [0.15, 0.2) is 18.0 Å². The summed E-state index contributed by atoms with van der Waals surface area (Å²) in [6.07, 6.45) is 1.93. The smallest absolute Gasteiger partial charge is 0.209 e. The molecule has 0 saturated heterocycles. The SMILES string of the molecule is COc1ccc(C[n+]2cc(I)c(C(C)=O)[nH]2)cc1. The van der Waals surface area contributed by atoms with Crippen LogP contribution in [0.3, 0.4) is 0 Å². The number of carbonyl (C=O) groups is 1. The van der Waals surface area contributed by atoms with Gasteiger partial charge in [0.2, 0.25) is 6.20 Å². The van der Waals surface area contributed by atoms with Crippen molar-refractivity contribution >= 4 is 28.4 Å². The summed E-state index contributed by atoms with van der Waals surface area (Å²) >= 11 is 2.16. The van der Waals surface area contributed by atoms with Gasteiger partial charge in [0, 0.05) is 12.5 Å². The predicted molar refractivity (Wildman–Crippen MR) is 75.8 cm³/mol. The van der Waals surface area contributed by atoms with Gasteiger partial charge in [0.1, 0.15) is 9.32 Å². The number of nitrogens with zero attached hydrogens (tertiary/aromatic N) is 1. The molecule has 0 saturated carbocycles. The van der Waals surface area contributed by atoms with E-state index in [4.69, 9.17) is 4.74 Å². The second-order valence-electron chi connectivity index (χ2n) is 4.00. The summed E-state index contributed by atoms with van der Waals surface area (Å²) in [5.74, 6) is 0.891. The van der Waals surface area contributed by atoms with Crippen molar-refractivity contribution in [3.8, 4) is 5.75 Å². The fraction of sp³-hybridized carbons (Fsp3) is 0.231. The van der Waals surface area contributed by atoms with E-state index in [1.165, 1.54) is 0 Å². The lowest BCUT2D eigenvalue weighted by Crippen LogP contribution is -2.35. The predicted octanol–water partition coefficient (Wildman–Crippen LogP) is 2.17. The molecule has 0 spiro atoms. The molecule has 0 aliphatic heterocycles. The number of aromatic amines is 1. The molecule has 0 amide bonds. The fourth-order valence-electron chi connectivity index (χ4n) is 1.69. The molecule has 2 rings (SSSR count). The molecule has 4 nitrogen and oxygen atoms in total. The van der Waals surface area contributed by atoms with Crippen molar-refractivity contribution in [3.05, 3.63) is 45.3 Å². The summed E-state index contributed by atoms with van der Waals surface area (Å²) in [5.41, 5.74) is 1.80. The van der Waals surface area contributed by atoms with Crippen molar-refractivity contribution < 1.29 is 14.2 Å². The molecular formula is C13H14IN2O2+. The molecule has 1 heterocycles. The molecule has 0 aliphatic carbocycles. The van der Waals surface area contributed by atoms with Crippen LogP contribution in [0.2, 0.25) is 0 Å². The molecule has 0 aliphatic rings. The van der Waals surface area contributed by atoms with Gasteiger partial charge in [-0.3, -0.25) is 4.79 Å². The van der Waals surface area contributed by atoms with Crippen molar-refractivity contribution in [3.63, 3.8) is 0 Å². The molecule has 0 unspecified atom stereocenters. The molecule has 0 fully saturated rings. The zero-order valence-electron chi connectivity index (χ0n) is 10.2. The molecular weight excluding hydrogens is 343 g/mol. The number of aromatic nitrogens is 2. The zero-order chi connectivity index (χ0) is 13.1. The highest BCUT2D eigenvalue weighted by Gasteiger charge is 2.16. The Hall–Kier alpha value is -1.37. The monoisotopic (exact) mass is 357 g/mol. The van der Waals surface area contributed by atoms with Gasteiger partial charge in [-0.15, -0.1) is 4.68 Å². The quantitative estimate of drug-likeness (QED) is 0.518. The van der Waals surface area contributed by atoms with Crippen LogP contribution in [0.5, 0.6) is 5.75 Å². The van der Waals surface area contributed by atoms with Gasteiger partial charge in [-0.1, -0.05) is 0 Å². The first-order valence-electron chi connectivity index (χ1n) is 5.52. The molecule has 18 heavy (non-hydrogen) atoms. The summed E-state index contributed by atoms with van der Waals surface area (Å²) in [7, 11) is 1.65. The van der Waals surface area contributed by atoms with Gasteiger partial charge in [0.25, 0.3) is 0 Å². The Morgan fingerprint density at radius 3 is 2.56 bits per heavy atom. The molecule has 94 valence electrons. The average Bonchev–Trinajstić information content (AvgIpc) is 2.71. The number of hydrogen-bond acceptors (Lipinski definition) is 2. The number of H-pyrrole nitrogens is 1. The molecule has 0 bridgehead atoms. The van der Waals surface area contributed by atoms with Gasteiger partial charge in [0.05, 0.1) is 7.11 Å². The second kappa shape index (κ2) is 5.51. The minimum absolute atomic E-state index is 0.0490. The number of rotatable bonds is 4. The van der Waals surface area contributed by atoms with Gasteiger partial charge >= 0.3 is 0 Å². The highest BCUT2D eigenvalue weighted by Crippen LogP contribution is 2.12. The number of methoxy groups -OCH3 is 1. The van der Waals surface area contributed by atoms with Crippen LogP contribution in [-0.4, -0.2) is 18.0 Å². The van der Waals surface area contributed by atoms with Gasteiger partial charge in [-0.05, 0) is 46.9 Å². The molecule has 1 aromatic carbocycles. The Morgan fingerprint density at radius 2 is 2.06 bits per heavy atom. The summed E-state index contributed by atoms with van der Waals surface area (Å²) in [5, 5.41) is 3.09. The summed E-state index contributed by atoms with van der Waals surface area (Å²) in [4.78, 5) is 11.3. The van der Waals surface area contributed by atoms with Crippen LogP contribution in [0.15, 0.2) is 30.5 Å². The maximum atomic E-state index is 11.3. The molecule has 0 atom stereocenters. The van der Waals surface area contributed by atoms with E-state index < -0.39 is 0 Å². The van der Waals surface area contributed by atoms with Crippen molar-refractivity contribution in [2.45, 2.75) is 13.5 Å². The van der Waals surface area contributed by atoms with Crippen molar-refractivity contribution in [1.82, 2.24) is 5.10 Å². The van der Waals surface area contributed by atoms with Crippen LogP contribution in [-0.2, 0) is 6.54 Å². The average molecular weight is 357 g/mol. The zero-order valence-corrected chi connectivity index (χ0v) is 12.4. The van der Waals surface area contributed by atoms with Crippen molar-refractivity contribution in [1.29, 1.82) is 0 Å². The first kappa shape index (κ1) is 13.1. The number of benzene rings is 1. The Morgan fingerprint density at radius 1 is 1.39 bits per heavy atom. The molecule has 2 aromatic rings. The van der Waals surface area contributed by atoms with Gasteiger partial charge in [-0.25, -0.2) is 0 Å². The minimum Gasteiger partial charge on any atom is -0.497 e. The lowest BCUT2D eigenvalue weighted by atomic mass is 10.2. The topological polar surface area (TPSA) is 46.0 Å². The number of carbonyl (C=O) groups excluding carboxylic acids is 1. The summed E-state index contributed by atoms with van der Waals surface area (Å²) < 4.78 is 7.96. The fourth-order valence-corrected chi connectivity index (χ4v) is 2.53. The number of halogens is 1. The lowest BCUT2D eigenvalue weighted by molar-refractivity contribution is -0.742. The highest BCUT2D eigenvalue weighted by atomic mass is 127. The van der Waals surface area contributed by atoms with E-state index in [2.05, 4.69) is 27.7 Å². The third kappa shape index (κ3) is 2.90. The second-order valence-corrected chi connectivity index (χ2v) is 5.16. The van der Waals surface area contributed by atoms with E-state index in [1.54, 1.807) is 14.0 Å². The Balaban J connectivity index is 2.18. The molecule has 1 aromatic heterocycles. The van der Waals surface area contributed by atoms with Crippen LogP contribution in [0, 0.1) is 3.57 Å². The number of ether oxygens (including phenoxy) is 1. The van der Waals surface area contributed by atoms with Crippen LogP contribution in [0.4, 0.5) is 0 Å². The third-order valence-corrected chi connectivity index (χ3v) is 3.45. The number of hydrogen-bond donors (Lipinski definition) is 1. The Kier molecular flexibility index (Phi) is 4.00. The Labute approximate surface area is 119 Å². The van der Waals surface area contributed by atoms with Crippen LogP contribution >= 0.6 is 22.6 Å². The molecule has 5 heteroatoms. The van der Waals surface area contributed by atoms with Gasteiger partial charge < -0.3 is 4.74 Å². The van der Waals surface area contributed by atoms with E-state index in [-0.39, 0.29) is 5.78 Å². The Bertz CT molecular complexity index is 561. The lowest BCUT2D eigenvalue weighted by Gasteiger charge is -1.99. The summed E-state index contributed by atoms with van der Waals surface area (Å²) in [6.45, 7) is 2.26. The standard InChI is InChI=1S/C13H13IN2O2/c1-9(17)13-12(14)8-16(15-13)7-10-3-5-11(18-2)6-4-10/h3-6,8H,7H2,1-2H3/p+1. The number of Topliss-reactive ketones (excluding diaryl/α,β-unsaturated/α-hetero) is 1. The maximum Gasteiger partial charge on any atom is 0.209 e. The highest BCUT2D eigenvalue weighted by molar-refractivity contribution is 14.1. The maximum absolute atomic E-state index is 11.3. The first-order chi connectivity index (χ1) is 8.60. The van der Waals surface area contributed by atoms with Crippen LogP contribution in [0.25, 0.3) is 0 Å². The normalized spacial score (nSPS) is 10.4. The van der Waals surface area contributed by atoms with Crippen molar-refractivity contribution in [2.75, 3.05) is 7.11 Å². The minimum atomic E-state index is 0.0490. The van der Waals surface area contributed by atoms with Gasteiger partial charge in [-0.2, -0.15) is 5.10 Å².